The molecule has 1 atom stereocenters. The van der Waals surface area contributed by atoms with Gasteiger partial charge in [-0.2, -0.15) is 4.98 Å². The second kappa shape index (κ2) is 8.86. The van der Waals surface area contributed by atoms with Crippen LogP contribution in [0.5, 0.6) is 0 Å². The van der Waals surface area contributed by atoms with Gasteiger partial charge in [0.15, 0.2) is 5.65 Å². The average Bonchev–Trinajstić information content (AvgIpc) is 3.21. The number of imidazole rings is 1. The number of ether oxygens (including phenoxy) is 1. The molecule has 2 aliphatic rings. The van der Waals surface area contributed by atoms with Crippen LogP contribution in [0.1, 0.15) is 11.7 Å². The molecule has 4 rings (SSSR count). The van der Waals surface area contributed by atoms with Gasteiger partial charge < -0.3 is 25.3 Å². The van der Waals surface area contributed by atoms with Crippen LogP contribution in [0.4, 0.5) is 10.7 Å². The van der Waals surface area contributed by atoms with E-state index < -0.39 is 8.07 Å². The van der Waals surface area contributed by atoms with Crippen LogP contribution in [0, 0.1) is 0 Å². The molecule has 0 aromatic carbocycles. The highest BCUT2D eigenvalue weighted by atomic mass is 28.3. The predicted molar refractivity (Wildman–Crippen MR) is 119 cm³/mol. The van der Waals surface area contributed by atoms with E-state index in [-0.39, 0.29) is 12.1 Å². The Morgan fingerprint density at radius 3 is 2.70 bits per heavy atom. The summed E-state index contributed by atoms with van der Waals surface area (Å²) >= 11 is 0. The fraction of sp³-hybridized carbons (Fsp3) is 0.684. The molecule has 2 aromatic rings. The molecule has 0 saturated carbocycles. The van der Waals surface area contributed by atoms with Gasteiger partial charge >= 0.3 is 6.09 Å². The lowest BCUT2D eigenvalue weighted by molar-refractivity contribution is 0.0802. The van der Waals surface area contributed by atoms with Gasteiger partial charge in [0.25, 0.3) is 0 Å². The van der Waals surface area contributed by atoms with E-state index >= 15 is 0 Å². The van der Waals surface area contributed by atoms with Gasteiger partial charge in [-0.1, -0.05) is 19.6 Å². The second-order valence-corrected chi connectivity index (χ2v) is 14.7. The van der Waals surface area contributed by atoms with E-state index in [9.17, 15) is 4.79 Å². The van der Waals surface area contributed by atoms with Crippen LogP contribution in [0.15, 0.2) is 6.33 Å². The van der Waals surface area contributed by atoms with Gasteiger partial charge in [0.1, 0.15) is 5.52 Å². The summed E-state index contributed by atoms with van der Waals surface area (Å²) in [6, 6.07) is 0.728. The number of nitrogens with zero attached hydrogens (tertiary/aromatic N) is 5. The SMILES string of the molecule is C[Si](C)(C)CCOC(=O)N1CCNCC1c1nc(N2CCNCC2)nc2nc[nH]c12. The molecule has 1 amide bonds. The summed E-state index contributed by atoms with van der Waals surface area (Å²) in [5, 5.41) is 6.74. The third kappa shape index (κ3) is 4.73. The Bertz CT molecular complexity index is 877. The van der Waals surface area contributed by atoms with Crippen molar-refractivity contribution < 1.29 is 9.53 Å². The highest BCUT2D eigenvalue weighted by Gasteiger charge is 2.33. The van der Waals surface area contributed by atoms with Gasteiger partial charge in [-0.25, -0.2) is 14.8 Å². The van der Waals surface area contributed by atoms with Gasteiger partial charge in [0.05, 0.1) is 24.7 Å². The van der Waals surface area contributed by atoms with Gasteiger partial charge in [-0.3, -0.25) is 4.90 Å². The standard InChI is InChI=1S/C19H32N8O2Si/c1-30(2,3)11-10-29-19(28)27-9-6-21-12-14(27)15-16-17(23-13-22-16)25-18(24-15)26-7-4-20-5-8-26/h13-14,20-21H,4-12H2,1-3H3,(H,22,23,24,25). The Hall–Kier alpha value is -2.24. The highest BCUT2D eigenvalue weighted by molar-refractivity contribution is 6.76. The molecule has 164 valence electrons. The molecule has 0 bridgehead atoms. The largest absolute Gasteiger partial charge is 0.450 e. The number of hydrogen-bond acceptors (Lipinski definition) is 8. The quantitative estimate of drug-likeness (QED) is 0.604. The van der Waals surface area contributed by atoms with E-state index in [1.54, 1.807) is 11.2 Å². The first-order chi connectivity index (χ1) is 14.4. The Kier molecular flexibility index (Phi) is 6.20. The van der Waals surface area contributed by atoms with Crippen molar-refractivity contribution in [3.8, 4) is 0 Å². The molecule has 2 fully saturated rings. The lowest BCUT2D eigenvalue weighted by Gasteiger charge is -2.36. The molecule has 1 unspecified atom stereocenters. The maximum absolute atomic E-state index is 12.9. The number of piperazine rings is 2. The highest BCUT2D eigenvalue weighted by Crippen LogP contribution is 2.28. The van der Waals surface area contributed by atoms with Gasteiger partial charge in [-0.05, 0) is 6.04 Å². The Morgan fingerprint density at radius 2 is 1.93 bits per heavy atom. The number of carbonyl (C=O) groups is 1. The fourth-order valence-electron chi connectivity index (χ4n) is 3.79. The number of aromatic amines is 1. The van der Waals surface area contributed by atoms with Crippen LogP contribution in [0.25, 0.3) is 11.2 Å². The lowest BCUT2D eigenvalue weighted by Crippen LogP contribution is -2.49. The summed E-state index contributed by atoms with van der Waals surface area (Å²) in [7, 11) is -1.26. The van der Waals surface area contributed by atoms with Crippen LogP contribution in [0.2, 0.25) is 25.7 Å². The van der Waals surface area contributed by atoms with Crippen molar-refractivity contribution in [2.75, 3.05) is 57.3 Å². The molecule has 2 aliphatic heterocycles. The van der Waals surface area contributed by atoms with Crippen LogP contribution in [0.3, 0.4) is 0 Å². The zero-order valence-corrected chi connectivity index (χ0v) is 19.1. The zero-order valence-electron chi connectivity index (χ0n) is 18.1. The third-order valence-electron chi connectivity index (χ3n) is 5.57. The van der Waals surface area contributed by atoms with Crippen molar-refractivity contribution in [3.05, 3.63) is 12.0 Å². The topological polar surface area (TPSA) is 111 Å². The molecule has 11 heteroatoms. The van der Waals surface area contributed by atoms with Crippen LogP contribution in [-0.2, 0) is 4.74 Å². The van der Waals surface area contributed by atoms with Crippen molar-refractivity contribution in [3.63, 3.8) is 0 Å². The third-order valence-corrected chi connectivity index (χ3v) is 7.28. The Labute approximate surface area is 177 Å². The number of nitrogens with one attached hydrogen (secondary N) is 3. The molecule has 0 aliphatic carbocycles. The molecule has 2 saturated heterocycles. The number of H-pyrrole nitrogens is 1. The Balaban J connectivity index is 1.60. The summed E-state index contributed by atoms with van der Waals surface area (Å²) in [5.74, 6) is 0.670. The van der Waals surface area contributed by atoms with Crippen LogP contribution < -0.4 is 15.5 Å². The van der Waals surface area contributed by atoms with Crippen LogP contribution >= 0.6 is 0 Å². The first-order valence-electron chi connectivity index (χ1n) is 10.7. The lowest BCUT2D eigenvalue weighted by atomic mass is 10.1. The smallest absolute Gasteiger partial charge is 0.410 e. The number of anilines is 1. The van der Waals surface area contributed by atoms with E-state index in [0.29, 0.717) is 31.3 Å². The molecule has 4 heterocycles. The first-order valence-corrected chi connectivity index (χ1v) is 14.4. The van der Waals surface area contributed by atoms with Crippen molar-refractivity contribution in [2.45, 2.75) is 31.7 Å². The summed E-state index contributed by atoms with van der Waals surface area (Å²) in [5.41, 5.74) is 2.20. The molecule has 0 spiro atoms. The van der Waals surface area contributed by atoms with Gasteiger partial charge in [0, 0.05) is 53.9 Å². The summed E-state index contributed by atoms with van der Waals surface area (Å²) in [4.78, 5) is 34.0. The number of carbonyl (C=O) groups excluding carboxylic acids is 1. The normalized spacial score (nSPS) is 20.6. The van der Waals surface area contributed by atoms with E-state index in [0.717, 1.165) is 50.0 Å². The molecule has 0 radical (unpaired) electrons. The minimum atomic E-state index is -1.26. The second-order valence-electron chi connectivity index (χ2n) is 9.09. The molecular formula is C19H32N8O2Si. The van der Waals surface area contributed by atoms with Crippen molar-refractivity contribution in [1.82, 2.24) is 35.5 Å². The summed E-state index contributed by atoms with van der Waals surface area (Å²) in [6.07, 6.45) is 1.37. The summed E-state index contributed by atoms with van der Waals surface area (Å²) in [6.45, 7) is 12.7. The maximum Gasteiger partial charge on any atom is 0.410 e. The predicted octanol–water partition coefficient (Wildman–Crippen LogP) is 1.18. The Morgan fingerprint density at radius 1 is 1.17 bits per heavy atom. The molecule has 3 N–H and O–H groups in total. The molecule has 30 heavy (non-hydrogen) atoms. The zero-order chi connectivity index (χ0) is 21.1. The molecule has 10 nitrogen and oxygen atoms in total. The molecule has 2 aromatic heterocycles. The minimum Gasteiger partial charge on any atom is -0.450 e. The molecular weight excluding hydrogens is 400 g/mol. The van der Waals surface area contributed by atoms with E-state index in [4.69, 9.17) is 9.72 Å². The van der Waals surface area contributed by atoms with E-state index in [1.165, 1.54) is 0 Å². The number of rotatable bonds is 5. The number of fused-ring (bicyclic) bond motifs is 1. The number of aromatic nitrogens is 4. The maximum atomic E-state index is 12.9. The number of amides is 1. The average molecular weight is 433 g/mol. The van der Waals surface area contributed by atoms with Crippen molar-refractivity contribution >= 4 is 31.3 Å². The van der Waals surface area contributed by atoms with Crippen molar-refractivity contribution in [2.24, 2.45) is 0 Å². The van der Waals surface area contributed by atoms with Gasteiger partial charge in [0.2, 0.25) is 5.95 Å². The summed E-state index contributed by atoms with van der Waals surface area (Å²) < 4.78 is 5.66. The van der Waals surface area contributed by atoms with Crippen LogP contribution in [-0.4, -0.2) is 91.4 Å². The van der Waals surface area contributed by atoms with Gasteiger partial charge in [-0.15, -0.1) is 0 Å². The monoisotopic (exact) mass is 432 g/mol. The van der Waals surface area contributed by atoms with E-state index in [2.05, 4.69) is 50.1 Å². The van der Waals surface area contributed by atoms with E-state index in [1.807, 2.05) is 0 Å². The van der Waals surface area contributed by atoms with Crippen molar-refractivity contribution in [1.29, 1.82) is 0 Å². The fourth-order valence-corrected chi connectivity index (χ4v) is 4.50. The first kappa shape index (κ1) is 21.0. The minimum absolute atomic E-state index is 0.231. The number of hydrogen-bond donors (Lipinski definition) is 3.